The van der Waals surface area contributed by atoms with Crippen molar-refractivity contribution in [2.75, 3.05) is 13.7 Å². The number of likely N-dealkylation sites (N-methyl/N-ethyl adjacent to an activating group) is 1. The Kier molecular flexibility index (Phi) is 3.57. The topological polar surface area (TPSA) is 66.6 Å². The first-order valence-corrected chi connectivity index (χ1v) is 6.16. The zero-order valence-corrected chi connectivity index (χ0v) is 11.4. The lowest BCUT2D eigenvalue weighted by Gasteiger charge is -2.33. The van der Waals surface area contributed by atoms with Crippen molar-refractivity contribution in [3.63, 3.8) is 0 Å². The lowest BCUT2D eigenvalue weighted by molar-refractivity contribution is -0.135. The molecule has 2 aromatic rings. The Bertz CT molecular complexity index is 589. The number of rotatable bonds is 4. The predicted molar refractivity (Wildman–Crippen MR) is 71.6 cm³/mol. The van der Waals surface area contributed by atoms with Crippen LogP contribution in [0.2, 0.25) is 0 Å². The van der Waals surface area contributed by atoms with Crippen molar-refractivity contribution in [1.82, 2.24) is 10.1 Å². The molecule has 0 aliphatic rings. The molecule has 0 spiro atoms. The Labute approximate surface area is 111 Å². The summed E-state index contributed by atoms with van der Waals surface area (Å²) >= 11 is 0. The number of aliphatic hydroxyl groups excluding tert-OH is 1. The first-order chi connectivity index (χ1) is 8.95. The zero-order valence-electron chi connectivity index (χ0n) is 11.4. The van der Waals surface area contributed by atoms with Crippen molar-refractivity contribution < 1.29 is 14.4 Å². The molecule has 1 heterocycles. The molecule has 0 radical (unpaired) electrons. The fraction of sp³-hybridized carbons (Fsp3) is 0.429. The van der Waals surface area contributed by atoms with E-state index >= 15 is 0 Å². The van der Waals surface area contributed by atoms with Crippen molar-refractivity contribution >= 4 is 16.9 Å². The van der Waals surface area contributed by atoms with Crippen LogP contribution < -0.4 is 0 Å². The van der Waals surface area contributed by atoms with Crippen molar-refractivity contribution in [2.45, 2.75) is 25.8 Å². The average molecular weight is 262 g/mol. The maximum absolute atomic E-state index is 12.2. The van der Waals surface area contributed by atoms with Crippen LogP contribution in [0.4, 0.5) is 0 Å². The van der Waals surface area contributed by atoms with E-state index in [1.807, 2.05) is 38.1 Å². The second-order valence-corrected chi connectivity index (χ2v) is 5.23. The molecule has 5 heteroatoms. The molecule has 0 aliphatic carbocycles. The third-order valence-corrected chi connectivity index (χ3v) is 3.44. The molecular formula is C14H18N2O3. The molecule has 0 bridgehead atoms. The van der Waals surface area contributed by atoms with Crippen molar-refractivity contribution in [3.8, 4) is 0 Å². The predicted octanol–water partition coefficient (Wildman–Crippen LogP) is 1.60. The Hall–Kier alpha value is -1.88. The van der Waals surface area contributed by atoms with Crippen molar-refractivity contribution in [2.24, 2.45) is 0 Å². The highest BCUT2D eigenvalue weighted by Gasteiger charge is 2.27. The number of carbonyl (C=O) groups is 1. The fourth-order valence-corrected chi connectivity index (χ4v) is 1.77. The minimum absolute atomic E-state index is 0.0885. The number of aliphatic hydroxyl groups is 1. The van der Waals surface area contributed by atoms with E-state index in [9.17, 15) is 9.90 Å². The van der Waals surface area contributed by atoms with Gasteiger partial charge in [0.25, 0.3) is 0 Å². The van der Waals surface area contributed by atoms with Gasteiger partial charge in [-0.05, 0) is 26.0 Å². The number of para-hydroxylation sites is 1. The summed E-state index contributed by atoms with van der Waals surface area (Å²) in [6, 6.07) is 7.44. The maximum atomic E-state index is 12.2. The van der Waals surface area contributed by atoms with Gasteiger partial charge in [0.2, 0.25) is 5.91 Å². The standard InChI is InChI=1S/C14H18N2O3/c1-14(2,9-17)16(3)13(18)8-11-10-6-4-5-7-12(10)19-15-11/h4-7,17H,8-9H2,1-3H3. The van der Waals surface area contributed by atoms with Crippen LogP contribution in [0.15, 0.2) is 28.8 Å². The summed E-state index contributed by atoms with van der Waals surface area (Å²) in [4.78, 5) is 13.7. The molecule has 1 amide bonds. The van der Waals surface area contributed by atoms with Crippen LogP contribution in [0.25, 0.3) is 11.0 Å². The highest BCUT2D eigenvalue weighted by Crippen LogP contribution is 2.20. The van der Waals surface area contributed by atoms with Crippen LogP contribution >= 0.6 is 0 Å². The van der Waals surface area contributed by atoms with E-state index in [1.165, 1.54) is 4.90 Å². The minimum atomic E-state index is -0.587. The summed E-state index contributed by atoms with van der Waals surface area (Å²) < 4.78 is 5.17. The number of hydrogen-bond acceptors (Lipinski definition) is 4. The SMILES string of the molecule is CN(C(=O)Cc1noc2ccccc12)C(C)(C)CO. The minimum Gasteiger partial charge on any atom is -0.394 e. The number of amides is 1. The maximum Gasteiger partial charge on any atom is 0.229 e. The van der Waals surface area contributed by atoms with Crippen LogP contribution in [0.3, 0.4) is 0 Å². The first-order valence-electron chi connectivity index (χ1n) is 6.16. The van der Waals surface area contributed by atoms with E-state index in [0.717, 1.165) is 5.39 Å². The zero-order chi connectivity index (χ0) is 14.0. The van der Waals surface area contributed by atoms with Gasteiger partial charge in [-0.2, -0.15) is 0 Å². The van der Waals surface area contributed by atoms with Gasteiger partial charge in [0.15, 0.2) is 5.58 Å². The van der Waals surface area contributed by atoms with E-state index in [0.29, 0.717) is 11.3 Å². The molecule has 1 aromatic heterocycles. The Morgan fingerprint density at radius 3 is 2.79 bits per heavy atom. The third-order valence-electron chi connectivity index (χ3n) is 3.44. The van der Waals surface area contributed by atoms with Crippen molar-refractivity contribution in [3.05, 3.63) is 30.0 Å². The molecule has 0 saturated heterocycles. The second-order valence-electron chi connectivity index (χ2n) is 5.23. The van der Waals surface area contributed by atoms with Crippen molar-refractivity contribution in [1.29, 1.82) is 0 Å². The molecule has 19 heavy (non-hydrogen) atoms. The van der Waals surface area contributed by atoms with Gasteiger partial charge in [0.1, 0.15) is 5.69 Å². The molecule has 2 rings (SSSR count). The van der Waals surface area contributed by atoms with Crippen LogP contribution in [-0.4, -0.2) is 40.3 Å². The van der Waals surface area contributed by atoms with E-state index in [2.05, 4.69) is 5.16 Å². The summed E-state index contributed by atoms with van der Waals surface area (Å²) in [7, 11) is 1.68. The third kappa shape index (κ3) is 2.61. The van der Waals surface area contributed by atoms with E-state index in [-0.39, 0.29) is 18.9 Å². The first kappa shape index (κ1) is 13.5. The van der Waals surface area contributed by atoms with Gasteiger partial charge in [-0.25, -0.2) is 0 Å². The summed E-state index contributed by atoms with van der Waals surface area (Å²) in [5.41, 5.74) is 0.715. The van der Waals surface area contributed by atoms with Crippen LogP contribution in [-0.2, 0) is 11.2 Å². The average Bonchev–Trinajstić information content (AvgIpc) is 2.81. The second kappa shape index (κ2) is 5.01. The van der Waals surface area contributed by atoms with E-state index < -0.39 is 5.54 Å². The molecule has 0 aliphatic heterocycles. The number of aromatic nitrogens is 1. The summed E-state index contributed by atoms with van der Waals surface area (Å²) in [6.07, 6.45) is 0.164. The smallest absolute Gasteiger partial charge is 0.229 e. The fourth-order valence-electron chi connectivity index (χ4n) is 1.77. The highest BCUT2D eigenvalue weighted by molar-refractivity contribution is 5.86. The molecule has 0 unspecified atom stereocenters. The molecule has 0 atom stereocenters. The molecular weight excluding hydrogens is 244 g/mol. The Morgan fingerprint density at radius 1 is 1.42 bits per heavy atom. The van der Waals surface area contributed by atoms with Crippen LogP contribution in [0, 0.1) is 0 Å². The lowest BCUT2D eigenvalue weighted by atomic mass is 10.0. The van der Waals surface area contributed by atoms with Gasteiger partial charge >= 0.3 is 0 Å². The van der Waals surface area contributed by atoms with Gasteiger partial charge in [-0.15, -0.1) is 0 Å². The van der Waals surface area contributed by atoms with Gasteiger partial charge in [0, 0.05) is 12.4 Å². The van der Waals surface area contributed by atoms with Crippen LogP contribution in [0.1, 0.15) is 19.5 Å². The number of hydrogen-bond donors (Lipinski definition) is 1. The highest BCUT2D eigenvalue weighted by atomic mass is 16.5. The van der Waals surface area contributed by atoms with Gasteiger partial charge in [-0.3, -0.25) is 4.79 Å². The van der Waals surface area contributed by atoms with Crippen LogP contribution in [0.5, 0.6) is 0 Å². The quantitative estimate of drug-likeness (QED) is 0.908. The van der Waals surface area contributed by atoms with Gasteiger partial charge in [0.05, 0.1) is 18.6 Å². The summed E-state index contributed by atoms with van der Waals surface area (Å²) in [6.45, 7) is 3.53. The summed E-state index contributed by atoms with van der Waals surface area (Å²) in [5.74, 6) is -0.0990. The largest absolute Gasteiger partial charge is 0.394 e. The Morgan fingerprint density at radius 2 is 2.11 bits per heavy atom. The Balaban J connectivity index is 2.20. The number of nitrogens with zero attached hydrogens (tertiary/aromatic N) is 2. The molecule has 5 nitrogen and oxygen atoms in total. The molecule has 1 N–H and O–H groups in total. The number of benzene rings is 1. The van der Waals surface area contributed by atoms with Gasteiger partial charge < -0.3 is 14.5 Å². The van der Waals surface area contributed by atoms with Gasteiger partial charge in [-0.1, -0.05) is 17.3 Å². The lowest BCUT2D eigenvalue weighted by Crippen LogP contribution is -2.48. The summed E-state index contributed by atoms with van der Waals surface area (Å²) in [5, 5.41) is 14.1. The monoisotopic (exact) mass is 262 g/mol. The molecule has 0 fully saturated rings. The molecule has 1 aromatic carbocycles. The number of carbonyl (C=O) groups excluding carboxylic acids is 1. The normalized spacial score (nSPS) is 11.8. The van der Waals surface area contributed by atoms with E-state index in [4.69, 9.17) is 4.52 Å². The van der Waals surface area contributed by atoms with E-state index in [1.54, 1.807) is 7.05 Å². The molecule has 0 saturated carbocycles. The molecule has 102 valence electrons. The number of fused-ring (bicyclic) bond motifs is 1.